The number of hydrogen-bond donors (Lipinski definition) is 1. The van der Waals surface area contributed by atoms with E-state index in [1.807, 2.05) is 12.1 Å². The normalized spacial score (nSPS) is 16.7. The van der Waals surface area contributed by atoms with E-state index < -0.39 is 0 Å². The van der Waals surface area contributed by atoms with Gasteiger partial charge >= 0.3 is 0 Å². The molecule has 0 saturated carbocycles. The number of hydrogen-bond acceptors (Lipinski definition) is 3. The van der Waals surface area contributed by atoms with E-state index in [2.05, 4.69) is 36.4 Å². The van der Waals surface area contributed by atoms with Crippen LogP contribution >= 0.6 is 0 Å². The Morgan fingerprint density at radius 2 is 1.82 bits per heavy atom. The van der Waals surface area contributed by atoms with E-state index in [1.54, 1.807) is 14.2 Å². The third-order valence-electron chi connectivity index (χ3n) is 4.27. The molecule has 0 aliphatic heterocycles. The summed E-state index contributed by atoms with van der Waals surface area (Å²) in [7, 11) is 3.36. The van der Waals surface area contributed by atoms with Crippen molar-refractivity contribution in [3.8, 4) is 11.5 Å². The fourth-order valence-corrected chi connectivity index (χ4v) is 3.20. The average Bonchev–Trinajstić information content (AvgIpc) is 2.60. The molecule has 1 atom stereocenters. The molecule has 22 heavy (non-hydrogen) atoms. The van der Waals surface area contributed by atoms with Crippen LogP contribution in [0.25, 0.3) is 5.57 Å². The highest BCUT2D eigenvalue weighted by Crippen LogP contribution is 2.42. The number of nitrogens with two attached hydrogens (primary N) is 1. The van der Waals surface area contributed by atoms with Gasteiger partial charge in [0.1, 0.15) is 0 Å². The van der Waals surface area contributed by atoms with Crippen LogP contribution < -0.4 is 15.2 Å². The van der Waals surface area contributed by atoms with E-state index in [9.17, 15) is 0 Å². The first kappa shape index (κ1) is 14.7. The van der Waals surface area contributed by atoms with Crippen molar-refractivity contribution in [2.75, 3.05) is 20.8 Å². The zero-order chi connectivity index (χ0) is 15.5. The quantitative estimate of drug-likeness (QED) is 0.940. The van der Waals surface area contributed by atoms with Crippen molar-refractivity contribution in [1.82, 2.24) is 0 Å². The number of rotatable bonds is 4. The molecule has 114 valence electrons. The van der Waals surface area contributed by atoms with Gasteiger partial charge in [0.05, 0.1) is 14.2 Å². The van der Waals surface area contributed by atoms with Gasteiger partial charge in [-0.25, -0.2) is 0 Å². The van der Waals surface area contributed by atoms with E-state index in [4.69, 9.17) is 15.2 Å². The van der Waals surface area contributed by atoms with E-state index in [-0.39, 0.29) is 0 Å². The van der Waals surface area contributed by atoms with Gasteiger partial charge in [-0.15, -0.1) is 0 Å². The molecule has 2 aromatic rings. The van der Waals surface area contributed by atoms with Crippen molar-refractivity contribution < 1.29 is 9.47 Å². The molecule has 0 bridgehead atoms. The second-order valence-electron chi connectivity index (χ2n) is 5.44. The largest absolute Gasteiger partial charge is 0.493 e. The van der Waals surface area contributed by atoms with Crippen LogP contribution in [0.5, 0.6) is 11.5 Å². The Balaban J connectivity index is 2.11. The molecule has 0 fully saturated rings. The number of allylic oxidation sites excluding steroid dienone is 1. The van der Waals surface area contributed by atoms with Crippen LogP contribution in [0.3, 0.4) is 0 Å². The minimum Gasteiger partial charge on any atom is -0.493 e. The number of methoxy groups -OCH3 is 2. The van der Waals surface area contributed by atoms with E-state index in [0.717, 1.165) is 23.5 Å². The highest BCUT2D eigenvalue weighted by molar-refractivity contribution is 5.76. The molecule has 0 heterocycles. The Kier molecular flexibility index (Phi) is 4.16. The summed E-state index contributed by atoms with van der Waals surface area (Å²) in [5.74, 6) is 1.90. The van der Waals surface area contributed by atoms with Gasteiger partial charge in [-0.3, -0.25) is 0 Å². The van der Waals surface area contributed by atoms with Crippen LogP contribution in [0.4, 0.5) is 0 Å². The van der Waals surface area contributed by atoms with E-state index in [1.165, 1.54) is 16.7 Å². The highest BCUT2D eigenvalue weighted by atomic mass is 16.5. The lowest BCUT2D eigenvalue weighted by Gasteiger charge is -2.26. The Hall–Kier alpha value is -2.26. The van der Waals surface area contributed by atoms with Crippen LogP contribution in [0.1, 0.15) is 22.6 Å². The Morgan fingerprint density at radius 1 is 1.05 bits per heavy atom. The molecule has 3 nitrogen and oxygen atoms in total. The fraction of sp³-hybridized carbons (Fsp3) is 0.263. The molecule has 1 unspecified atom stereocenters. The lowest BCUT2D eigenvalue weighted by molar-refractivity contribution is 0.351. The predicted molar refractivity (Wildman–Crippen MR) is 89.5 cm³/mol. The predicted octanol–water partition coefficient (Wildman–Crippen LogP) is 3.39. The standard InChI is InChI=1S/C19H21NO2/c1-21-18-9-8-16-15(12-20)10-14(11-17(16)19(18)22-2)13-6-4-3-5-7-13/h3-10,14H,11-12,20H2,1-2H3. The summed E-state index contributed by atoms with van der Waals surface area (Å²) in [5, 5.41) is 0. The van der Waals surface area contributed by atoms with Crippen molar-refractivity contribution >= 4 is 5.57 Å². The SMILES string of the molecule is COc1ccc2c(c1OC)CC(c1ccccc1)C=C2CN. The lowest BCUT2D eigenvalue weighted by Crippen LogP contribution is -2.15. The monoisotopic (exact) mass is 295 g/mol. The van der Waals surface area contributed by atoms with Crippen LogP contribution in [-0.4, -0.2) is 20.8 Å². The Labute approximate surface area is 131 Å². The Bertz CT molecular complexity index is 692. The number of ether oxygens (including phenoxy) is 2. The van der Waals surface area contributed by atoms with Crippen molar-refractivity contribution in [3.63, 3.8) is 0 Å². The molecule has 0 radical (unpaired) electrons. The third kappa shape index (κ3) is 2.48. The molecule has 1 aliphatic rings. The van der Waals surface area contributed by atoms with Crippen molar-refractivity contribution in [3.05, 3.63) is 65.2 Å². The van der Waals surface area contributed by atoms with Gasteiger partial charge in [-0.2, -0.15) is 0 Å². The van der Waals surface area contributed by atoms with Gasteiger partial charge in [0, 0.05) is 18.0 Å². The summed E-state index contributed by atoms with van der Waals surface area (Å²) in [6.07, 6.45) is 3.17. The topological polar surface area (TPSA) is 44.5 Å². The summed E-state index contributed by atoms with van der Waals surface area (Å²) in [4.78, 5) is 0. The van der Waals surface area contributed by atoms with Gasteiger partial charge in [0.15, 0.2) is 11.5 Å². The first-order valence-corrected chi connectivity index (χ1v) is 7.48. The molecule has 2 aromatic carbocycles. The molecular weight excluding hydrogens is 274 g/mol. The smallest absolute Gasteiger partial charge is 0.164 e. The molecule has 1 aliphatic carbocycles. The van der Waals surface area contributed by atoms with Gasteiger partial charge in [0.25, 0.3) is 0 Å². The summed E-state index contributed by atoms with van der Waals surface area (Å²) in [6, 6.07) is 14.5. The zero-order valence-corrected chi connectivity index (χ0v) is 13.0. The fourth-order valence-electron chi connectivity index (χ4n) is 3.20. The molecule has 0 spiro atoms. The van der Waals surface area contributed by atoms with Crippen molar-refractivity contribution in [2.45, 2.75) is 12.3 Å². The lowest BCUT2D eigenvalue weighted by atomic mass is 9.80. The van der Waals surface area contributed by atoms with E-state index >= 15 is 0 Å². The first-order chi connectivity index (χ1) is 10.8. The van der Waals surface area contributed by atoms with Gasteiger partial charge in [-0.05, 0) is 29.2 Å². The third-order valence-corrected chi connectivity index (χ3v) is 4.27. The molecular formula is C19H21NO2. The van der Waals surface area contributed by atoms with Crippen LogP contribution in [0.15, 0.2) is 48.5 Å². The van der Waals surface area contributed by atoms with Crippen molar-refractivity contribution in [2.24, 2.45) is 5.73 Å². The summed E-state index contributed by atoms with van der Waals surface area (Å²) in [5.41, 5.74) is 10.8. The number of fused-ring (bicyclic) bond motifs is 1. The summed E-state index contributed by atoms with van der Waals surface area (Å²) < 4.78 is 11.1. The Morgan fingerprint density at radius 3 is 2.45 bits per heavy atom. The highest BCUT2D eigenvalue weighted by Gasteiger charge is 2.25. The second kappa shape index (κ2) is 6.24. The van der Waals surface area contributed by atoms with Crippen molar-refractivity contribution in [1.29, 1.82) is 0 Å². The van der Waals surface area contributed by atoms with Crippen LogP contribution in [-0.2, 0) is 6.42 Å². The van der Waals surface area contributed by atoms with Gasteiger partial charge < -0.3 is 15.2 Å². The maximum Gasteiger partial charge on any atom is 0.164 e. The van der Waals surface area contributed by atoms with Gasteiger partial charge in [-0.1, -0.05) is 42.5 Å². The van der Waals surface area contributed by atoms with Crippen LogP contribution in [0.2, 0.25) is 0 Å². The minimum atomic E-state index is 0.313. The van der Waals surface area contributed by atoms with Crippen LogP contribution in [0, 0.1) is 0 Å². The maximum absolute atomic E-state index is 5.98. The molecule has 0 amide bonds. The zero-order valence-electron chi connectivity index (χ0n) is 13.0. The molecule has 0 aromatic heterocycles. The summed E-state index contributed by atoms with van der Waals surface area (Å²) in [6.45, 7) is 0.520. The minimum absolute atomic E-state index is 0.313. The second-order valence-corrected chi connectivity index (χ2v) is 5.44. The number of benzene rings is 2. The van der Waals surface area contributed by atoms with E-state index in [0.29, 0.717) is 12.5 Å². The molecule has 3 rings (SSSR count). The molecule has 3 heteroatoms. The molecule has 0 saturated heterocycles. The molecule has 2 N–H and O–H groups in total. The first-order valence-electron chi connectivity index (χ1n) is 7.48. The average molecular weight is 295 g/mol. The summed E-state index contributed by atoms with van der Waals surface area (Å²) >= 11 is 0. The van der Waals surface area contributed by atoms with Gasteiger partial charge in [0.2, 0.25) is 0 Å². The maximum atomic E-state index is 5.98.